The number of methoxy groups -OCH3 is 1. The van der Waals surface area contributed by atoms with Gasteiger partial charge in [0.15, 0.2) is 0 Å². The smallest absolute Gasteiger partial charge is 0.317 e. The summed E-state index contributed by atoms with van der Waals surface area (Å²) in [5, 5.41) is 12.2. The number of nitrogens with zero attached hydrogens (tertiary/aromatic N) is 1. The Hall–Kier alpha value is -1.76. The van der Waals surface area contributed by atoms with Crippen LogP contribution in [-0.4, -0.2) is 42.2 Å². The molecule has 0 saturated carbocycles. The standard InChI is InChI=1S/C17H23BrN2O4/c1-10-6-12(16(21)22)9-20(8-10)17(23)19-11(2)14-5-4-13(18)7-15(14)24-3/h4-5,7,10-12H,6,8-9H2,1-3H3,(H,19,23)(H,21,22). The van der Waals surface area contributed by atoms with E-state index in [0.29, 0.717) is 18.7 Å². The molecule has 6 nitrogen and oxygen atoms in total. The van der Waals surface area contributed by atoms with Crippen LogP contribution in [0.3, 0.4) is 0 Å². The molecule has 1 aromatic rings. The van der Waals surface area contributed by atoms with Crippen molar-refractivity contribution in [2.75, 3.05) is 20.2 Å². The number of ether oxygens (including phenoxy) is 1. The Balaban J connectivity index is 2.07. The Morgan fingerprint density at radius 1 is 1.42 bits per heavy atom. The average Bonchev–Trinajstić information content (AvgIpc) is 2.53. The van der Waals surface area contributed by atoms with Crippen molar-refractivity contribution < 1.29 is 19.4 Å². The molecule has 0 radical (unpaired) electrons. The highest BCUT2D eigenvalue weighted by Gasteiger charge is 2.32. The summed E-state index contributed by atoms with van der Waals surface area (Å²) in [6.07, 6.45) is 0.606. The van der Waals surface area contributed by atoms with Crippen molar-refractivity contribution in [1.82, 2.24) is 10.2 Å². The van der Waals surface area contributed by atoms with Crippen LogP contribution < -0.4 is 10.1 Å². The third-order valence-electron chi connectivity index (χ3n) is 4.30. The number of amides is 2. The van der Waals surface area contributed by atoms with Crippen molar-refractivity contribution in [2.45, 2.75) is 26.3 Å². The zero-order valence-corrected chi connectivity index (χ0v) is 15.7. The molecule has 3 atom stereocenters. The van der Waals surface area contributed by atoms with E-state index in [1.165, 1.54) is 0 Å². The monoisotopic (exact) mass is 398 g/mol. The largest absolute Gasteiger partial charge is 0.496 e. The van der Waals surface area contributed by atoms with Crippen LogP contribution in [0.4, 0.5) is 4.79 Å². The zero-order chi connectivity index (χ0) is 17.9. The summed E-state index contributed by atoms with van der Waals surface area (Å²) >= 11 is 3.40. The van der Waals surface area contributed by atoms with E-state index in [9.17, 15) is 14.7 Å². The number of aliphatic carboxylic acids is 1. The van der Waals surface area contributed by atoms with Gasteiger partial charge in [0.2, 0.25) is 0 Å². The molecular formula is C17H23BrN2O4. The first-order chi connectivity index (χ1) is 11.3. The maximum atomic E-state index is 12.5. The minimum absolute atomic E-state index is 0.170. The molecule has 1 saturated heterocycles. The molecule has 7 heteroatoms. The van der Waals surface area contributed by atoms with E-state index in [0.717, 1.165) is 10.0 Å². The van der Waals surface area contributed by atoms with Gasteiger partial charge in [-0.15, -0.1) is 0 Å². The van der Waals surface area contributed by atoms with Crippen molar-refractivity contribution >= 4 is 27.9 Å². The third-order valence-corrected chi connectivity index (χ3v) is 4.79. The van der Waals surface area contributed by atoms with Gasteiger partial charge in [0, 0.05) is 23.1 Å². The van der Waals surface area contributed by atoms with Crippen LogP contribution in [0.25, 0.3) is 0 Å². The second-order valence-corrected chi connectivity index (χ2v) is 7.25. The number of nitrogens with one attached hydrogen (secondary N) is 1. The molecule has 0 aromatic heterocycles. The van der Waals surface area contributed by atoms with Gasteiger partial charge in [-0.1, -0.05) is 28.9 Å². The fraction of sp³-hybridized carbons (Fsp3) is 0.529. The number of carbonyl (C=O) groups excluding carboxylic acids is 1. The van der Waals surface area contributed by atoms with Gasteiger partial charge in [0.1, 0.15) is 5.75 Å². The maximum absolute atomic E-state index is 12.5. The molecule has 2 rings (SSSR count). The third kappa shape index (κ3) is 4.41. The van der Waals surface area contributed by atoms with Gasteiger partial charge < -0.3 is 20.1 Å². The minimum atomic E-state index is -0.845. The molecule has 132 valence electrons. The Bertz CT molecular complexity index is 623. The Morgan fingerprint density at radius 3 is 2.75 bits per heavy atom. The predicted molar refractivity (Wildman–Crippen MR) is 94.1 cm³/mol. The normalized spacial score (nSPS) is 21.9. The maximum Gasteiger partial charge on any atom is 0.317 e. The summed E-state index contributed by atoms with van der Waals surface area (Å²) in [5.41, 5.74) is 0.869. The highest BCUT2D eigenvalue weighted by molar-refractivity contribution is 9.10. The van der Waals surface area contributed by atoms with Gasteiger partial charge in [-0.25, -0.2) is 4.79 Å². The molecule has 0 spiro atoms. The van der Waals surface area contributed by atoms with Crippen molar-refractivity contribution in [1.29, 1.82) is 0 Å². The quantitative estimate of drug-likeness (QED) is 0.815. The fourth-order valence-electron chi connectivity index (χ4n) is 3.09. The molecule has 1 heterocycles. The predicted octanol–water partition coefficient (Wildman–Crippen LogP) is 3.27. The van der Waals surface area contributed by atoms with Gasteiger partial charge in [0.25, 0.3) is 0 Å². The van der Waals surface area contributed by atoms with Crippen molar-refractivity contribution in [2.24, 2.45) is 11.8 Å². The zero-order valence-electron chi connectivity index (χ0n) is 14.1. The Labute approximate surface area is 150 Å². The lowest BCUT2D eigenvalue weighted by atomic mass is 9.91. The van der Waals surface area contributed by atoms with E-state index in [4.69, 9.17) is 4.74 Å². The van der Waals surface area contributed by atoms with Gasteiger partial charge >= 0.3 is 12.0 Å². The molecule has 2 N–H and O–H groups in total. The van der Waals surface area contributed by atoms with Crippen LogP contribution in [0.2, 0.25) is 0 Å². The summed E-state index contributed by atoms with van der Waals surface area (Å²) in [6.45, 7) is 4.66. The second-order valence-electron chi connectivity index (χ2n) is 6.34. The molecule has 3 unspecified atom stereocenters. The number of carbonyl (C=O) groups is 2. The van der Waals surface area contributed by atoms with Crippen molar-refractivity contribution in [3.8, 4) is 5.75 Å². The first-order valence-electron chi connectivity index (χ1n) is 7.93. The van der Waals surface area contributed by atoms with E-state index in [1.54, 1.807) is 12.0 Å². The molecule has 2 amide bonds. The van der Waals surface area contributed by atoms with Crippen LogP contribution in [0.5, 0.6) is 5.75 Å². The van der Waals surface area contributed by atoms with Crippen LogP contribution in [0.15, 0.2) is 22.7 Å². The number of halogens is 1. The Morgan fingerprint density at radius 2 is 2.12 bits per heavy atom. The van der Waals surface area contributed by atoms with E-state index >= 15 is 0 Å². The number of hydrogen-bond donors (Lipinski definition) is 2. The average molecular weight is 399 g/mol. The Kier molecular flexibility index (Phi) is 6.10. The van der Waals surface area contributed by atoms with E-state index < -0.39 is 11.9 Å². The SMILES string of the molecule is COc1cc(Br)ccc1C(C)NC(=O)N1CC(C)CC(C(=O)O)C1. The number of likely N-dealkylation sites (tertiary alicyclic amines) is 1. The van der Waals surface area contributed by atoms with Crippen LogP contribution in [0.1, 0.15) is 31.9 Å². The van der Waals surface area contributed by atoms with Gasteiger partial charge in [-0.2, -0.15) is 0 Å². The van der Waals surface area contributed by atoms with E-state index in [2.05, 4.69) is 21.2 Å². The summed E-state index contributed by atoms with van der Waals surface area (Å²) in [6, 6.07) is 5.14. The van der Waals surface area contributed by atoms with Crippen LogP contribution >= 0.6 is 15.9 Å². The highest BCUT2D eigenvalue weighted by Crippen LogP contribution is 2.29. The molecule has 1 aromatic carbocycles. The molecular weight excluding hydrogens is 376 g/mol. The first kappa shape index (κ1) is 18.6. The first-order valence-corrected chi connectivity index (χ1v) is 8.72. The van der Waals surface area contributed by atoms with E-state index in [1.807, 2.05) is 32.0 Å². The molecule has 24 heavy (non-hydrogen) atoms. The number of urea groups is 1. The van der Waals surface area contributed by atoms with Gasteiger partial charge in [-0.3, -0.25) is 4.79 Å². The number of benzene rings is 1. The number of hydrogen-bond acceptors (Lipinski definition) is 3. The van der Waals surface area contributed by atoms with Crippen molar-refractivity contribution in [3.05, 3.63) is 28.2 Å². The van der Waals surface area contributed by atoms with Gasteiger partial charge in [0.05, 0.1) is 19.1 Å². The van der Waals surface area contributed by atoms with Crippen LogP contribution in [-0.2, 0) is 4.79 Å². The highest BCUT2D eigenvalue weighted by atomic mass is 79.9. The summed E-state index contributed by atoms with van der Waals surface area (Å²) < 4.78 is 6.27. The molecule has 1 fully saturated rings. The fourth-order valence-corrected chi connectivity index (χ4v) is 3.43. The summed E-state index contributed by atoms with van der Waals surface area (Å²) in [4.78, 5) is 25.4. The topological polar surface area (TPSA) is 78.9 Å². The lowest BCUT2D eigenvalue weighted by molar-refractivity contribution is -0.143. The number of carboxylic acid groups (broad SMARTS) is 1. The molecule has 1 aliphatic rings. The lowest BCUT2D eigenvalue weighted by Crippen LogP contribution is -2.49. The molecule has 0 bridgehead atoms. The number of carboxylic acids is 1. The van der Waals surface area contributed by atoms with Gasteiger partial charge in [-0.05, 0) is 31.4 Å². The molecule has 0 aliphatic carbocycles. The lowest BCUT2D eigenvalue weighted by Gasteiger charge is -2.35. The second kappa shape index (κ2) is 7.88. The van der Waals surface area contributed by atoms with Crippen LogP contribution in [0, 0.1) is 11.8 Å². The number of piperidine rings is 1. The van der Waals surface area contributed by atoms with Crippen molar-refractivity contribution in [3.63, 3.8) is 0 Å². The van der Waals surface area contributed by atoms with E-state index in [-0.39, 0.29) is 24.5 Å². The summed E-state index contributed by atoms with van der Waals surface area (Å²) in [5.74, 6) is -0.491. The molecule has 1 aliphatic heterocycles. The number of rotatable bonds is 4. The summed E-state index contributed by atoms with van der Waals surface area (Å²) in [7, 11) is 1.59. The minimum Gasteiger partial charge on any atom is -0.496 e.